The molecule has 0 aliphatic carbocycles. The van der Waals surface area contributed by atoms with Crippen LogP contribution in [-0.4, -0.2) is 42.2 Å². The fraction of sp³-hybridized carbons (Fsp3) is 0.615. The van der Waals surface area contributed by atoms with Crippen molar-refractivity contribution < 1.29 is 19.1 Å². The van der Waals surface area contributed by atoms with Gasteiger partial charge in [0.05, 0.1) is 24.8 Å². The van der Waals surface area contributed by atoms with E-state index >= 15 is 0 Å². The minimum atomic E-state index is -0.476. The Hall–Kier alpha value is -1.51. The molecule has 0 spiro atoms. The smallest absolute Gasteiger partial charge is 0.311 e. The summed E-state index contributed by atoms with van der Waals surface area (Å²) in [6, 6.07) is 0. The van der Waals surface area contributed by atoms with Crippen LogP contribution in [0.4, 0.5) is 5.13 Å². The summed E-state index contributed by atoms with van der Waals surface area (Å²) in [5, 5.41) is 4.89. The van der Waals surface area contributed by atoms with Gasteiger partial charge in [-0.05, 0) is 19.8 Å². The Morgan fingerprint density at radius 3 is 3.05 bits per heavy atom. The van der Waals surface area contributed by atoms with Gasteiger partial charge in [0.15, 0.2) is 5.13 Å². The summed E-state index contributed by atoms with van der Waals surface area (Å²) in [5.41, 5.74) is 6.10. The SMILES string of the molecule is CCOC(=O)Cc1csc(NC(=O)[C@@H]2CC[C@H](CN)O2)n1. The number of nitrogens with one attached hydrogen (secondary N) is 1. The van der Waals surface area contributed by atoms with Gasteiger partial charge in [-0.15, -0.1) is 11.3 Å². The Bertz CT molecular complexity index is 505. The first kappa shape index (κ1) is 15.9. The number of aromatic nitrogens is 1. The first-order valence-electron chi connectivity index (χ1n) is 6.88. The quantitative estimate of drug-likeness (QED) is 0.749. The number of rotatable bonds is 6. The Labute approximate surface area is 126 Å². The summed E-state index contributed by atoms with van der Waals surface area (Å²) in [6.45, 7) is 2.51. The summed E-state index contributed by atoms with van der Waals surface area (Å²) < 4.78 is 10.4. The van der Waals surface area contributed by atoms with Crippen LogP contribution in [0.15, 0.2) is 5.38 Å². The largest absolute Gasteiger partial charge is 0.466 e. The van der Waals surface area contributed by atoms with Gasteiger partial charge in [-0.1, -0.05) is 0 Å². The highest BCUT2D eigenvalue weighted by Gasteiger charge is 2.30. The van der Waals surface area contributed by atoms with Crippen LogP contribution < -0.4 is 11.1 Å². The molecular weight excluding hydrogens is 294 g/mol. The normalized spacial score (nSPS) is 21.2. The second-order valence-corrected chi connectivity index (χ2v) is 5.53. The van der Waals surface area contributed by atoms with Crippen LogP contribution in [0.3, 0.4) is 0 Å². The average Bonchev–Trinajstić information content (AvgIpc) is 3.08. The molecule has 3 N–H and O–H groups in total. The molecule has 21 heavy (non-hydrogen) atoms. The molecule has 1 aromatic heterocycles. The zero-order chi connectivity index (χ0) is 15.2. The number of hydrogen-bond donors (Lipinski definition) is 2. The fourth-order valence-electron chi connectivity index (χ4n) is 2.06. The van der Waals surface area contributed by atoms with E-state index in [1.165, 1.54) is 11.3 Å². The van der Waals surface area contributed by atoms with Crippen molar-refractivity contribution in [3.63, 3.8) is 0 Å². The molecule has 1 saturated heterocycles. The standard InChI is InChI=1S/C13H19N3O4S/c1-2-19-11(17)5-8-7-21-13(15-8)16-12(18)10-4-3-9(6-14)20-10/h7,9-10H,2-6,14H2,1H3,(H,15,16,18)/t9-,10+/m1/s1. The van der Waals surface area contributed by atoms with Crippen LogP contribution >= 0.6 is 11.3 Å². The van der Waals surface area contributed by atoms with Gasteiger partial charge in [0.2, 0.25) is 0 Å². The predicted octanol–water partition coefficient (Wildman–Crippen LogP) is 0.693. The molecule has 116 valence electrons. The third kappa shape index (κ3) is 4.48. The summed E-state index contributed by atoms with van der Waals surface area (Å²) in [5.74, 6) is -0.548. The topological polar surface area (TPSA) is 104 Å². The number of nitrogens with two attached hydrogens (primary N) is 1. The number of hydrogen-bond acceptors (Lipinski definition) is 7. The lowest BCUT2D eigenvalue weighted by Gasteiger charge is -2.11. The van der Waals surface area contributed by atoms with E-state index in [4.69, 9.17) is 15.2 Å². The summed E-state index contributed by atoms with van der Waals surface area (Å²) >= 11 is 1.27. The van der Waals surface area contributed by atoms with Crippen molar-refractivity contribution >= 4 is 28.3 Å². The lowest BCUT2D eigenvalue weighted by Crippen LogP contribution is -2.29. The van der Waals surface area contributed by atoms with Crippen LogP contribution in [0.1, 0.15) is 25.5 Å². The van der Waals surface area contributed by atoms with Crippen molar-refractivity contribution in [3.8, 4) is 0 Å². The van der Waals surface area contributed by atoms with Crippen molar-refractivity contribution in [2.45, 2.75) is 38.4 Å². The van der Waals surface area contributed by atoms with Crippen LogP contribution in [-0.2, 0) is 25.5 Å². The van der Waals surface area contributed by atoms with Crippen molar-refractivity contribution in [1.29, 1.82) is 0 Å². The highest BCUT2D eigenvalue weighted by Crippen LogP contribution is 2.22. The highest BCUT2D eigenvalue weighted by molar-refractivity contribution is 7.13. The van der Waals surface area contributed by atoms with E-state index in [9.17, 15) is 9.59 Å². The first-order valence-corrected chi connectivity index (χ1v) is 7.76. The summed E-state index contributed by atoms with van der Waals surface area (Å²) in [7, 11) is 0. The number of ether oxygens (including phenoxy) is 2. The third-order valence-corrected chi connectivity index (χ3v) is 3.88. The Kier molecular flexibility index (Phi) is 5.66. The minimum Gasteiger partial charge on any atom is -0.466 e. The molecule has 1 fully saturated rings. The Morgan fingerprint density at radius 2 is 2.38 bits per heavy atom. The van der Waals surface area contributed by atoms with Crippen LogP contribution in [0.2, 0.25) is 0 Å². The molecule has 0 radical (unpaired) electrons. The molecule has 7 nitrogen and oxygen atoms in total. The van der Waals surface area contributed by atoms with Gasteiger partial charge in [0.25, 0.3) is 5.91 Å². The van der Waals surface area contributed by atoms with Gasteiger partial charge in [-0.3, -0.25) is 14.9 Å². The molecule has 1 aromatic rings. The molecule has 0 bridgehead atoms. The number of nitrogens with zero attached hydrogens (tertiary/aromatic N) is 1. The zero-order valence-corrected chi connectivity index (χ0v) is 12.6. The molecule has 1 aliphatic rings. The molecule has 0 saturated carbocycles. The molecule has 2 atom stereocenters. The molecular formula is C13H19N3O4S. The van der Waals surface area contributed by atoms with Crippen LogP contribution in [0.25, 0.3) is 0 Å². The van der Waals surface area contributed by atoms with E-state index in [1.807, 2.05) is 0 Å². The number of anilines is 1. The molecule has 2 rings (SSSR count). The van der Waals surface area contributed by atoms with E-state index < -0.39 is 6.10 Å². The zero-order valence-electron chi connectivity index (χ0n) is 11.8. The van der Waals surface area contributed by atoms with Gasteiger partial charge >= 0.3 is 5.97 Å². The number of thiazole rings is 1. The molecule has 2 heterocycles. The van der Waals surface area contributed by atoms with E-state index in [-0.39, 0.29) is 24.4 Å². The van der Waals surface area contributed by atoms with Gasteiger partial charge in [0, 0.05) is 11.9 Å². The van der Waals surface area contributed by atoms with Gasteiger partial charge < -0.3 is 15.2 Å². The maximum absolute atomic E-state index is 12.0. The monoisotopic (exact) mass is 313 g/mol. The van der Waals surface area contributed by atoms with E-state index in [2.05, 4.69) is 10.3 Å². The number of carbonyl (C=O) groups excluding carboxylic acids is 2. The Balaban J connectivity index is 1.84. The lowest BCUT2D eigenvalue weighted by atomic mass is 10.2. The van der Waals surface area contributed by atoms with Crippen LogP contribution in [0.5, 0.6) is 0 Å². The lowest BCUT2D eigenvalue weighted by molar-refractivity contribution is -0.142. The maximum Gasteiger partial charge on any atom is 0.311 e. The number of carbonyl (C=O) groups is 2. The second kappa shape index (κ2) is 7.48. The van der Waals surface area contributed by atoms with E-state index in [1.54, 1.807) is 12.3 Å². The molecule has 1 aliphatic heterocycles. The van der Waals surface area contributed by atoms with Crippen molar-refractivity contribution in [1.82, 2.24) is 4.98 Å². The van der Waals surface area contributed by atoms with E-state index in [0.717, 1.165) is 6.42 Å². The molecule has 0 unspecified atom stereocenters. The van der Waals surface area contributed by atoms with Crippen LogP contribution in [0, 0.1) is 0 Å². The third-order valence-electron chi connectivity index (χ3n) is 3.08. The van der Waals surface area contributed by atoms with Gasteiger partial charge in [-0.2, -0.15) is 0 Å². The van der Waals surface area contributed by atoms with E-state index in [0.29, 0.717) is 30.4 Å². The van der Waals surface area contributed by atoms with Crippen molar-refractivity contribution in [2.24, 2.45) is 5.73 Å². The van der Waals surface area contributed by atoms with Gasteiger partial charge in [0.1, 0.15) is 6.10 Å². The molecule has 8 heteroatoms. The predicted molar refractivity (Wildman–Crippen MR) is 78.0 cm³/mol. The van der Waals surface area contributed by atoms with Crippen molar-refractivity contribution in [2.75, 3.05) is 18.5 Å². The maximum atomic E-state index is 12.0. The first-order chi connectivity index (χ1) is 10.1. The van der Waals surface area contributed by atoms with Crippen molar-refractivity contribution in [3.05, 3.63) is 11.1 Å². The van der Waals surface area contributed by atoms with Gasteiger partial charge in [-0.25, -0.2) is 4.98 Å². The molecule has 0 aromatic carbocycles. The Morgan fingerprint density at radius 1 is 1.57 bits per heavy atom. The summed E-state index contributed by atoms with van der Waals surface area (Å²) in [6.07, 6.45) is 1.04. The number of esters is 1. The molecule has 1 amide bonds. The minimum absolute atomic E-state index is 0.0450. The average molecular weight is 313 g/mol. The fourth-order valence-corrected chi connectivity index (χ4v) is 2.78. The number of amides is 1. The summed E-state index contributed by atoms with van der Waals surface area (Å²) in [4.78, 5) is 27.5. The second-order valence-electron chi connectivity index (χ2n) is 4.67. The highest BCUT2D eigenvalue weighted by atomic mass is 32.1.